The zero-order chi connectivity index (χ0) is 9.71. The Hall–Kier alpha value is -1.57. The monoisotopic (exact) mass is 186 g/mol. The second kappa shape index (κ2) is 2.47. The number of benzene rings is 1. The fraction of sp³-hybridized carbons (Fsp3) is 0.250. The number of rotatable bonds is 0. The van der Waals surface area contributed by atoms with Gasteiger partial charge >= 0.3 is 0 Å². The molecule has 0 spiro atoms. The maximum absolute atomic E-state index is 11.6. The number of ketones is 1. The zero-order valence-corrected chi connectivity index (χ0v) is 7.96. The number of hydrogen-bond donors (Lipinski definition) is 0. The van der Waals surface area contributed by atoms with E-state index >= 15 is 0 Å². The van der Waals surface area contributed by atoms with Crippen molar-refractivity contribution < 1.29 is 9.53 Å². The standard InChI is InChI=1S/C12H10O2/c1-7-9-4-5-14-11(9)6-8-2-3-10(13)12(7)8/h2-3,6H,4-5H2,1H3. The first-order chi connectivity index (χ1) is 6.77. The van der Waals surface area contributed by atoms with Crippen molar-refractivity contribution in [2.75, 3.05) is 6.61 Å². The van der Waals surface area contributed by atoms with Crippen molar-refractivity contribution in [3.8, 4) is 5.75 Å². The number of allylic oxidation sites excluding steroid dienone is 1. The first kappa shape index (κ1) is 7.80. The van der Waals surface area contributed by atoms with Gasteiger partial charge in [-0.1, -0.05) is 6.08 Å². The second-order valence-corrected chi connectivity index (χ2v) is 3.74. The highest BCUT2D eigenvalue weighted by Crippen LogP contribution is 2.35. The number of fused-ring (bicyclic) bond motifs is 2. The van der Waals surface area contributed by atoms with Gasteiger partial charge < -0.3 is 4.74 Å². The molecule has 3 rings (SSSR count). The lowest BCUT2D eigenvalue weighted by atomic mass is 9.96. The van der Waals surface area contributed by atoms with E-state index in [0.717, 1.165) is 35.5 Å². The fourth-order valence-electron chi connectivity index (χ4n) is 2.26. The summed E-state index contributed by atoms with van der Waals surface area (Å²) in [6.07, 6.45) is 4.43. The molecule has 0 aromatic heterocycles. The summed E-state index contributed by atoms with van der Waals surface area (Å²) < 4.78 is 5.49. The summed E-state index contributed by atoms with van der Waals surface area (Å²) in [5.74, 6) is 1.09. The predicted molar refractivity (Wildman–Crippen MR) is 53.7 cm³/mol. The Morgan fingerprint density at radius 3 is 3.07 bits per heavy atom. The van der Waals surface area contributed by atoms with E-state index in [2.05, 4.69) is 0 Å². The van der Waals surface area contributed by atoms with Gasteiger partial charge in [0, 0.05) is 17.5 Å². The Morgan fingerprint density at radius 2 is 2.21 bits per heavy atom. The van der Waals surface area contributed by atoms with Gasteiger partial charge in [-0.2, -0.15) is 0 Å². The van der Waals surface area contributed by atoms with E-state index in [1.165, 1.54) is 5.56 Å². The third kappa shape index (κ3) is 0.830. The zero-order valence-electron chi connectivity index (χ0n) is 7.96. The molecule has 0 fully saturated rings. The van der Waals surface area contributed by atoms with E-state index in [1.807, 2.05) is 19.1 Å². The van der Waals surface area contributed by atoms with E-state index in [-0.39, 0.29) is 5.78 Å². The molecule has 1 aliphatic heterocycles. The lowest BCUT2D eigenvalue weighted by Gasteiger charge is -2.07. The average molecular weight is 186 g/mol. The van der Waals surface area contributed by atoms with Gasteiger partial charge in [0.05, 0.1) is 6.61 Å². The molecule has 0 saturated carbocycles. The molecular formula is C12H10O2. The van der Waals surface area contributed by atoms with Crippen LogP contribution in [0.15, 0.2) is 12.1 Å². The van der Waals surface area contributed by atoms with Crippen LogP contribution in [-0.2, 0) is 6.42 Å². The third-order valence-electron chi connectivity index (χ3n) is 2.97. The SMILES string of the molecule is Cc1c2c(cc3c1C(=O)C=C3)OCC2. The van der Waals surface area contributed by atoms with Crippen molar-refractivity contribution in [2.45, 2.75) is 13.3 Å². The summed E-state index contributed by atoms with van der Waals surface area (Å²) >= 11 is 0. The van der Waals surface area contributed by atoms with Crippen molar-refractivity contribution in [1.82, 2.24) is 0 Å². The maximum atomic E-state index is 11.6. The minimum Gasteiger partial charge on any atom is -0.493 e. The maximum Gasteiger partial charge on any atom is 0.186 e. The lowest BCUT2D eigenvalue weighted by molar-refractivity contribution is 0.104. The summed E-state index contributed by atoms with van der Waals surface area (Å²) in [4.78, 5) is 11.6. The minimum absolute atomic E-state index is 0.132. The van der Waals surface area contributed by atoms with Crippen molar-refractivity contribution in [3.63, 3.8) is 0 Å². The summed E-state index contributed by atoms with van der Waals surface area (Å²) in [5, 5.41) is 0. The number of carbonyl (C=O) groups is 1. The van der Waals surface area contributed by atoms with Crippen molar-refractivity contribution in [2.24, 2.45) is 0 Å². The molecule has 2 nitrogen and oxygen atoms in total. The molecule has 0 unspecified atom stereocenters. The van der Waals surface area contributed by atoms with Crippen LogP contribution in [0.2, 0.25) is 0 Å². The summed E-state index contributed by atoms with van der Waals surface area (Å²) in [5.41, 5.74) is 4.19. The minimum atomic E-state index is 0.132. The molecule has 0 atom stereocenters. The van der Waals surface area contributed by atoms with Gasteiger partial charge in [0.15, 0.2) is 5.78 Å². The summed E-state index contributed by atoms with van der Waals surface area (Å²) in [6, 6.07) is 1.98. The molecule has 0 radical (unpaired) electrons. The van der Waals surface area contributed by atoms with Crippen LogP contribution in [-0.4, -0.2) is 12.4 Å². The molecular weight excluding hydrogens is 176 g/mol. The largest absolute Gasteiger partial charge is 0.493 e. The smallest absolute Gasteiger partial charge is 0.186 e. The Morgan fingerprint density at radius 1 is 1.36 bits per heavy atom. The number of hydrogen-bond acceptors (Lipinski definition) is 2. The van der Waals surface area contributed by atoms with Crippen LogP contribution < -0.4 is 4.74 Å². The van der Waals surface area contributed by atoms with Gasteiger partial charge in [0.25, 0.3) is 0 Å². The first-order valence-corrected chi connectivity index (χ1v) is 4.79. The van der Waals surface area contributed by atoms with Crippen LogP contribution in [0.25, 0.3) is 6.08 Å². The number of carbonyl (C=O) groups excluding carboxylic acids is 1. The Labute approximate surface area is 82.2 Å². The van der Waals surface area contributed by atoms with E-state index < -0.39 is 0 Å². The quantitative estimate of drug-likeness (QED) is 0.620. The van der Waals surface area contributed by atoms with Crippen LogP contribution in [0.1, 0.15) is 27.0 Å². The van der Waals surface area contributed by atoms with Crippen LogP contribution >= 0.6 is 0 Å². The Kier molecular flexibility index (Phi) is 1.38. The van der Waals surface area contributed by atoms with Gasteiger partial charge in [0.2, 0.25) is 0 Å². The highest BCUT2D eigenvalue weighted by atomic mass is 16.5. The molecule has 0 amide bonds. The molecule has 0 saturated heterocycles. The van der Waals surface area contributed by atoms with Crippen LogP contribution in [0, 0.1) is 6.92 Å². The van der Waals surface area contributed by atoms with Gasteiger partial charge in [-0.3, -0.25) is 4.79 Å². The van der Waals surface area contributed by atoms with Crippen molar-refractivity contribution in [3.05, 3.63) is 34.4 Å². The molecule has 2 aliphatic rings. The molecule has 1 aliphatic carbocycles. The molecule has 70 valence electrons. The molecule has 1 aromatic rings. The van der Waals surface area contributed by atoms with Gasteiger partial charge in [-0.15, -0.1) is 0 Å². The highest BCUT2D eigenvalue weighted by Gasteiger charge is 2.24. The molecule has 14 heavy (non-hydrogen) atoms. The van der Waals surface area contributed by atoms with E-state index in [0.29, 0.717) is 0 Å². The highest BCUT2D eigenvalue weighted by molar-refractivity contribution is 6.15. The van der Waals surface area contributed by atoms with Gasteiger partial charge in [-0.25, -0.2) is 0 Å². The van der Waals surface area contributed by atoms with Gasteiger partial charge in [0.1, 0.15) is 5.75 Å². The number of ether oxygens (including phenoxy) is 1. The molecule has 0 bridgehead atoms. The van der Waals surface area contributed by atoms with E-state index in [9.17, 15) is 4.79 Å². The summed E-state index contributed by atoms with van der Waals surface area (Å²) in [7, 11) is 0. The molecule has 1 aromatic carbocycles. The second-order valence-electron chi connectivity index (χ2n) is 3.74. The molecule has 2 heteroatoms. The Bertz CT molecular complexity index is 470. The lowest BCUT2D eigenvalue weighted by Crippen LogP contribution is -1.99. The van der Waals surface area contributed by atoms with Crippen LogP contribution in [0.3, 0.4) is 0 Å². The normalized spacial score (nSPS) is 16.8. The topological polar surface area (TPSA) is 26.3 Å². The first-order valence-electron chi connectivity index (χ1n) is 4.79. The molecule has 0 N–H and O–H groups in total. The van der Waals surface area contributed by atoms with E-state index in [4.69, 9.17) is 4.74 Å². The fourth-order valence-corrected chi connectivity index (χ4v) is 2.26. The van der Waals surface area contributed by atoms with Gasteiger partial charge in [-0.05, 0) is 30.2 Å². The van der Waals surface area contributed by atoms with Crippen molar-refractivity contribution in [1.29, 1.82) is 0 Å². The van der Waals surface area contributed by atoms with E-state index in [1.54, 1.807) is 6.08 Å². The van der Waals surface area contributed by atoms with Crippen molar-refractivity contribution >= 4 is 11.9 Å². The third-order valence-corrected chi connectivity index (χ3v) is 2.97. The predicted octanol–water partition coefficient (Wildman–Crippen LogP) is 2.14. The van der Waals surface area contributed by atoms with Crippen LogP contribution in [0.5, 0.6) is 5.75 Å². The molecule has 1 heterocycles. The summed E-state index contributed by atoms with van der Waals surface area (Å²) in [6.45, 7) is 2.76. The van der Waals surface area contributed by atoms with Crippen LogP contribution in [0.4, 0.5) is 0 Å². The Balaban J connectivity index is 2.34. The average Bonchev–Trinajstić information content (AvgIpc) is 2.74.